The van der Waals surface area contributed by atoms with Crippen LogP contribution >= 0.6 is 11.3 Å². The van der Waals surface area contributed by atoms with Crippen LogP contribution in [0.1, 0.15) is 36.6 Å². The number of rotatable bonds is 8. The summed E-state index contributed by atoms with van der Waals surface area (Å²) in [5.74, 6) is 1.27. The van der Waals surface area contributed by atoms with Gasteiger partial charge in [0.1, 0.15) is 29.5 Å². The molecule has 8 heteroatoms. The molecule has 164 valence electrons. The second kappa shape index (κ2) is 9.96. The van der Waals surface area contributed by atoms with Crippen LogP contribution in [-0.4, -0.2) is 35.2 Å². The van der Waals surface area contributed by atoms with E-state index in [2.05, 4.69) is 10.3 Å². The molecule has 0 saturated carbocycles. The lowest BCUT2D eigenvalue weighted by Crippen LogP contribution is -2.34. The average Bonchev–Trinajstić information content (AvgIpc) is 2.97. The van der Waals surface area contributed by atoms with Gasteiger partial charge in [-0.15, -0.1) is 11.3 Å². The number of benzene rings is 1. The smallest absolute Gasteiger partial charge is 0.262 e. The third-order valence-corrected chi connectivity index (χ3v) is 6.53. The number of thiophene rings is 1. The van der Waals surface area contributed by atoms with Crippen molar-refractivity contribution >= 4 is 27.5 Å². The SMILES string of the molecule is CCOc1ccc(OCCNC(=O)Cn2cnc3sc4c(c3c2=O)CCCCC4)cc1. The van der Waals surface area contributed by atoms with Gasteiger partial charge in [-0.2, -0.15) is 0 Å². The van der Waals surface area contributed by atoms with Gasteiger partial charge in [-0.05, 0) is 62.4 Å². The minimum Gasteiger partial charge on any atom is -0.494 e. The van der Waals surface area contributed by atoms with Crippen molar-refractivity contribution in [3.05, 3.63) is 51.4 Å². The number of fused-ring (bicyclic) bond motifs is 3. The predicted octanol–water partition coefficient (Wildman–Crippen LogP) is 3.32. The lowest BCUT2D eigenvalue weighted by molar-refractivity contribution is -0.121. The molecule has 1 aromatic carbocycles. The van der Waals surface area contributed by atoms with Crippen LogP contribution in [0.4, 0.5) is 0 Å². The predicted molar refractivity (Wildman–Crippen MR) is 121 cm³/mol. The van der Waals surface area contributed by atoms with E-state index in [4.69, 9.17) is 9.47 Å². The maximum Gasteiger partial charge on any atom is 0.262 e. The summed E-state index contributed by atoms with van der Waals surface area (Å²) >= 11 is 1.62. The Hall–Kier alpha value is -2.87. The van der Waals surface area contributed by atoms with E-state index in [9.17, 15) is 9.59 Å². The molecule has 2 aromatic heterocycles. The second-order valence-electron chi connectivity index (χ2n) is 7.53. The van der Waals surface area contributed by atoms with E-state index in [1.165, 1.54) is 22.2 Å². The first-order valence-electron chi connectivity index (χ1n) is 10.8. The van der Waals surface area contributed by atoms with Gasteiger partial charge in [-0.25, -0.2) is 4.98 Å². The van der Waals surface area contributed by atoms with Crippen molar-refractivity contribution in [1.82, 2.24) is 14.9 Å². The maximum absolute atomic E-state index is 13.0. The number of carbonyl (C=O) groups is 1. The molecule has 0 aliphatic heterocycles. The fourth-order valence-electron chi connectivity index (χ4n) is 3.84. The summed E-state index contributed by atoms with van der Waals surface area (Å²) in [6.45, 7) is 3.20. The van der Waals surface area contributed by atoms with Crippen molar-refractivity contribution in [2.45, 2.75) is 45.6 Å². The van der Waals surface area contributed by atoms with Crippen LogP contribution in [0.25, 0.3) is 10.2 Å². The molecule has 0 radical (unpaired) electrons. The molecule has 0 bridgehead atoms. The number of aryl methyl sites for hydroxylation is 2. The monoisotopic (exact) mass is 441 g/mol. The minimum absolute atomic E-state index is 0.0462. The van der Waals surface area contributed by atoms with Gasteiger partial charge < -0.3 is 14.8 Å². The van der Waals surface area contributed by atoms with E-state index in [0.29, 0.717) is 30.9 Å². The highest BCUT2D eigenvalue weighted by molar-refractivity contribution is 7.18. The number of nitrogens with one attached hydrogen (secondary N) is 1. The topological polar surface area (TPSA) is 82.4 Å². The summed E-state index contributed by atoms with van der Waals surface area (Å²) in [4.78, 5) is 31.9. The van der Waals surface area contributed by atoms with Gasteiger partial charge >= 0.3 is 0 Å². The van der Waals surface area contributed by atoms with Gasteiger partial charge in [0.2, 0.25) is 5.91 Å². The Morgan fingerprint density at radius 3 is 2.65 bits per heavy atom. The normalized spacial score (nSPS) is 13.5. The van der Waals surface area contributed by atoms with E-state index >= 15 is 0 Å². The molecule has 3 aromatic rings. The van der Waals surface area contributed by atoms with Gasteiger partial charge in [0.05, 0.1) is 24.9 Å². The maximum atomic E-state index is 13.0. The third kappa shape index (κ3) is 5.07. The standard InChI is InChI=1S/C23H27N3O4S/c1-2-29-16-8-10-17(11-9-16)30-13-12-24-20(27)14-26-15-25-22-21(23(26)28)18-6-4-3-5-7-19(18)31-22/h8-11,15H,2-7,12-14H2,1H3,(H,24,27). The van der Waals surface area contributed by atoms with Crippen LogP contribution in [0.5, 0.6) is 11.5 Å². The summed E-state index contributed by atoms with van der Waals surface area (Å²) in [6.07, 6.45) is 6.88. The molecule has 1 aliphatic carbocycles. The van der Waals surface area contributed by atoms with E-state index in [1.54, 1.807) is 11.3 Å². The highest BCUT2D eigenvalue weighted by Gasteiger charge is 2.19. The number of aromatic nitrogens is 2. The summed E-state index contributed by atoms with van der Waals surface area (Å²) in [7, 11) is 0. The number of nitrogens with zero attached hydrogens (tertiary/aromatic N) is 2. The van der Waals surface area contributed by atoms with Gasteiger partial charge in [0.25, 0.3) is 5.56 Å². The van der Waals surface area contributed by atoms with Crippen molar-refractivity contribution in [3.63, 3.8) is 0 Å². The van der Waals surface area contributed by atoms with E-state index < -0.39 is 0 Å². The fraction of sp³-hybridized carbons (Fsp3) is 0.435. The van der Waals surface area contributed by atoms with Crippen molar-refractivity contribution < 1.29 is 14.3 Å². The Morgan fingerprint density at radius 2 is 1.87 bits per heavy atom. The first kappa shape index (κ1) is 21.4. The molecule has 0 spiro atoms. The first-order chi connectivity index (χ1) is 15.2. The van der Waals surface area contributed by atoms with E-state index in [-0.39, 0.29) is 18.0 Å². The minimum atomic E-state index is -0.236. The van der Waals surface area contributed by atoms with Gasteiger partial charge in [0, 0.05) is 4.88 Å². The van der Waals surface area contributed by atoms with Gasteiger partial charge in [-0.1, -0.05) is 6.42 Å². The molecule has 1 amide bonds. The molecule has 31 heavy (non-hydrogen) atoms. The lowest BCUT2D eigenvalue weighted by atomic mass is 10.1. The Balaban J connectivity index is 1.32. The fourth-order valence-corrected chi connectivity index (χ4v) is 5.06. The van der Waals surface area contributed by atoms with E-state index in [0.717, 1.165) is 41.8 Å². The zero-order chi connectivity index (χ0) is 21.6. The molecule has 0 saturated heterocycles. The first-order valence-corrected chi connectivity index (χ1v) is 11.6. The Kier molecular flexibility index (Phi) is 6.86. The van der Waals surface area contributed by atoms with E-state index in [1.807, 2.05) is 31.2 Å². The van der Waals surface area contributed by atoms with Crippen molar-refractivity contribution in [3.8, 4) is 11.5 Å². The van der Waals surface area contributed by atoms with Crippen LogP contribution in [0.3, 0.4) is 0 Å². The van der Waals surface area contributed by atoms with Crippen LogP contribution in [0, 0.1) is 0 Å². The van der Waals surface area contributed by atoms with Crippen LogP contribution in [0.2, 0.25) is 0 Å². The molecule has 1 N–H and O–H groups in total. The number of amides is 1. The molecule has 1 aliphatic rings. The Morgan fingerprint density at radius 1 is 1.13 bits per heavy atom. The molecule has 7 nitrogen and oxygen atoms in total. The average molecular weight is 442 g/mol. The molecular weight excluding hydrogens is 414 g/mol. The van der Waals surface area contributed by atoms with Crippen molar-refractivity contribution in [2.75, 3.05) is 19.8 Å². The van der Waals surface area contributed by atoms with Crippen LogP contribution < -0.4 is 20.3 Å². The summed E-state index contributed by atoms with van der Waals surface area (Å²) in [6, 6.07) is 7.35. The molecule has 0 unspecified atom stereocenters. The highest BCUT2D eigenvalue weighted by Crippen LogP contribution is 2.32. The largest absolute Gasteiger partial charge is 0.494 e. The lowest BCUT2D eigenvalue weighted by Gasteiger charge is -2.10. The number of carbonyl (C=O) groups excluding carboxylic acids is 1. The quantitative estimate of drug-likeness (QED) is 0.428. The molecule has 0 atom stereocenters. The van der Waals surface area contributed by atoms with Gasteiger partial charge in [-0.3, -0.25) is 14.2 Å². The summed E-state index contributed by atoms with van der Waals surface area (Å²) < 4.78 is 12.4. The molecular formula is C23H27N3O4S. The Labute approximate surface area is 185 Å². The third-order valence-electron chi connectivity index (χ3n) is 5.33. The number of hydrogen-bond acceptors (Lipinski definition) is 6. The zero-order valence-corrected chi connectivity index (χ0v) is 18.5. The number of ether oxygens (including phenoxy) is 2. The second-order valence-corrected chi connectivity index (χ2v) is 8.61. The van der Waals surface area contributed by atoms with Gasteiger partial charge in [0.15, 0.2) is 0 Å². The highest BCUT2D eigenvalue weighted by atomic mass is 32.1. The van der Waals surface area contributed by atoms with Crippen LogP contribution in [0.15, 0.2) is 35.4 Å². The summed E-state index contributed by atoms with van der Waals surface area (Å²) in [5, 5.41) is 3.51. The van der Waals surface area contributed by atoms with Crippen molar-refractivity contribution in [2.24, 2.45) is 0 Å². The van der Waals surface area contributed by atoms with Crippen molar-refractivity contribution in [1.29, 1.82) is 0 Å². The molecule has 4 rings (SSSR count). The number of hydrogen-bond donors (Lipinski definition) is 1. The Bertz CT molecular complexity index is 1100. The zero-order valence-electron chi connectivity index (χ0n) is 17.7. The molecule has 0 fully saturated rings. The van der Waals surface area contributed by atoms with Crippen LogP contribution in [-0.2, 0) is 24.2 Å². The summed E-state index contributed by atoms with van der Waals surface area (Å²) in [5.41, 5.74) is 1.03. The molecule has 2 heterocycles.